The summed E-state index contributed by atoms with van der Waals surface area (Å²) < 4.78 is 15.8. The summed E-state index contributed by atoms with van der Waals surface area (Å²) in [7, 11) is 1.66. The van der Waals surface area contributed by atoms with Crippen molar-refractivity contribution in [2.24, 2.45) is 0 Å². The number of ether oxygens (including phenoxy) is 3. The van der Waals surface area contributed by atoms with E-state index in [9.17, 15) is 0 Å². The highest BCUT2D eigenvalue weighted by Crippen LogP contribution is 2.24. The van der Waals surface area contributed by atoms with Crippen LogP contribution in [0.3, 0.4) is 0 Å². The Morgan fingerprint density at radius 2 is 2.14 bits per heavy atom. The molecule has 1 N–H and O–H groups in total. The van der Waals surface area contributed by atoms with Crippen molar-refractivity contribution in [1.29, 1.82) is 0 Å². The second kappa shape index (κ2) is 9.20. The first kappa shape index (κ1) is 16.5. The van der Waals surface area contributed by atoms with Crippen LogP contribution in [0.4, 0.5) is 0 Å². The highest BCUT2D eigenvalue weighted by Gasteiger charge is 2.20. The van der Waals surface area contributed by atoms with Crippen molar-refractivity contribution in [3.8, 4) is 5.88 Å². The highest BCUT2D eigenvalue weighted by atomic mass is 35.5. The first-order valence-electron chi connectivity index (χ1n) is 7.37. The zero-order valence-electron chi connectivity index (χ0n) is 12.4. The smallest absolute Gasteiger partial charge is 0.232 e. The molecule has 118 valence electrons. The predicted molar refractivity (Wildman–Crippen MR) is 81.9 cm³/mol. The summed E-state index contributed by atoms with van der Waals surface area (Å²) >= 11 is 6.18. The fourth-order valence-corrected chi connectivity index (χ4v) is 2.04. The molecule has 1 aliphatic carbocycles. The second-order valence-corrected chi connectivity index (χ2v) is 5.50. The largest absolute Gasteiger partial charge is 0.477 e. The maximum absolute atomic E-state index is 6.18. The van der Waals surface area contributed by atoms with Gasteiger partial charge in [-0.3, -0.25) is 0 Å². The van der Waals surface area contributed by atoms with Crippen LogP contribution in [0.5, 0.6) is 5.88 Å². The molecule has 0 amide bonds. The molecule has 1 aliphatic rings. The van der Waals surface area contributed by atoms with Gasteiger partial charge in [0.15, 0.2) is 0 Å². The Kier molecular flexibility index (Phi) is 7.23. The molecule has 0 unspecified atom stereocenters. The lowest BCUT2D eigenvalue weighted by Crippen LogP contribution is -2.15. The lowest BCUT2D eigenvalue weighted by molar-refractivity contribution is 0.0642. The molecule has 1 fully saturated rings. The van der Waals surface area contributed by atoms with Crippen molar-refractivity contribution >= 4 is 11.6 Å². The minimum atomic E-state index is 0.490. The molecule has 5 nitrogen and oxygen atoms in total. The van der Waals surface area contributed by atoms with Crippen LogP contribution in [0, 0.1) is 0 Å². The topological polar surface area (TPSA) is 52.6 Å². The van der Waals surface area contributed by atoms with E-state index in [4.69, 9.17) is 25.8 Å². The molecule has 0 radical (unpaired) electrons. The summed E-state index contributed by atoms with van der Waals surface area (Å²) in [5, 5.41) is 3.99. The number of pyridine rings is 1. The van der Waals surface area contributed by atoms with Crippen LogP contribution < -0.4 is 10.1 Å². The molecule has 0 aliphatic heterocycles. The van der Waals surface area contributed by atoms with Crippen LogP contribution in [0.1, 0.15) is 24.8 Å². The van der Waals surface area contributed by atoms with E-state index in [-0.39, 0.29) is 0 Å². The Hall–Kier alpha value is -0.880. The molecule has 1 aromatic rings. The summed E-state index contributed by atoms with van der Waals surface area (Å²) in [6.07, 6.45) is 5.15. The number of hydrogen-bond acceptors (Lipinski definition) is 5. The van der Waals surface area contributed by atoms with Gasteiger partial charge in [-0.05, 0) is 24.5 Å². The molecule has 1 saturated carbocycles. The number of halogens is 1. The van der Waals surface area contributed by atoms with Crippen molar-refractivity contribution in [1.82, 2.24) is 10.3 Å². The van der Waals surface area contributed by atoms with Gasteiger partial charge in [-0.25, -0.2) is 4.98 Å². The molecule has 0 aromatic carbocycles. The van der Waals surface area contributed by atoms with E-state index in [1.807, 2.05) is 12.3 Å². The molecule has 6 heteroatoms. The summed E-state index contributed by atoms with van der Waals surface area (Å²) in [5.74, 6) is 0.490. The third-order valence-corrected chi connectivity index (χ3v) is 3.41. The van der Waals surface area contributed by atoms with Crippen LogP contribution in [0.25, 0.3) is 0 Å². The summed E-state index contributed by atoms with van der Waals surface area (Å²) in [6.45, 7) is 3.22. The molecule has 0 atom stereocenters. The first-order chi connectivity index (χ1) is 10.3. The second-order valence-electron chi connectivity index (χ2n) is 5.09. The number of methoxy groups -OCH3 is 1. The van der Waals surface area contributed by atoms with Crippen molar-refractivity contribution < 1.29 is 14.2 Å². The fraction of sp³-hybridized carbons (Fsp3) is 0.667. The van der Waals surface area contributed by atoms with Gasteiger partial charge in [-0.1, -0.05) is 11.6 Å². The lowest BCUT2D eigenvalue weighted by Gasteiger charge is -2.09. The van der Waals surface area contributed by atoms with E-state index in [0.29, 0.717) is 43.4 Å². The summed E-state index contributed by atoms with van der Waals surface area (Å²) in [5.41, 5.74) is 1.09. The molecule has 1 aromatic heterocycles. The fourth-order valence-electron chi connectivity index (χ4n) is 1.79. The molecule has 2 rings (SSSR count). The minimum Gasteiger partial charge on any atom is -0.477 e. The minimum absolute atomic E-state index is 0.490. The number of aromatic nitrogens is 1. The van der Waals surface area contributed by atoms with E-state index in [1.54, 1.807) is 7.11 Å². The van der Waals surface area contributed by atoms with Gasteiger partial charge in [-0.15, -0.1) is 0 Å². The average molecular weight is 315 g/mol. The van der Waals surface area contributed by atoms with Crippen LogP contribution in [-0.4, -0.2) is 44.6 Å². The van der Waals surface area contributed by atoms with Crippen molar-refractivity contribution in [2.45, 2.75) is 31.8 Å². The number of nitrogens with zero attached hydrogens (tertiary/aromatic N) is 1. The van der Waals surface area contributed by atoms with Crippen molar-refractivity contribution in [3.63, 3.8) is 0 Å². The molecular formula is C15H23ClN2O3. The quantitative estimate of drug-likeness (QED) is 0.636. The standard InChI is InChI=1S/C15H23ClN2O3/c1-19-7-8-20-5-2-6-21-15-14(16)9-12(11-18-15)10-17-13-3-4-13/h9,11,13,17H,2-8,10H2,1H3. The average Bonchev–Trinajstić information content (AvgIpc) is 3.30. The molecule has 0 saturated heterocycles. The predicted octanol–water partition coefficient (Wildman–Crippen LogP) is 2.42. The maximum atomic E-state index is 6.18. The number of rotatable bonds is 11. The van der Waals surface area contributed by atoms with Crippen molar-refractivity contribution in [2.75, 3.05) is 33.5 Å². The van der Waals surface area contributed by atoms with Gasteiger partial charge in [0.1, 0.15) is 5.02 Å². The number of hydrogen-bond donors (Lipinski definition) is 1. The number of nitrogens with one attached hydrogen (secondary N) is 1. The van der Waals surface area contributed by atoms with Gasteiger partial charge >= 0.3 is 0 Å². The first-order valence-corrected chi connectivity index (χ1v) is 7.74. The molecular weight excluding hydrogens is 292 g/mol. The summed E-state index contributed by atoms with van der Waals surface area (Å²) in [4.78, 5) is 4.27. The Balaban J connectivity index is 1.63. The summed E-state index contributed by atoms with van der Waals surface area (Å²) in [6, 6.07) is 2.59. The van der Waals surface area contributed by atoms with Crippen LogP contribution >= 0.6 is 11.6 Å². The molecule has 0 spiro atoms. The van der Waals surface area contributed by atoms with E-state index < -0.39 is 0 Å². The third kappa shape index (κ3) is 6.61. The van der Waals surface area contributed by atoms with Gasteiger partial charge in [-0.2, -0.15) is 0 Å². The highest BCUT2D eigenvalue weighted by molar-refractivity contribution is 6.31. The zero-order valence-corrected chi connectivity index (χ0v) is 13.2. The third-order valence-electron chi connectivity index (χ3n) is 3.14. The normalized spacial score (nSPS) is 14.4. The van der Waals surface area contributed by atoms with E-state index in [2.05, 4.69) is 10.3 Å². The van der Waals surface area contributed by atoms with Crippen LogP contribution in [0.15, 0.2) is 12.3 Å². The Bertz CT molecular complexity index is 427. The molecule has 1 heterocycles. The van der Waals surface area contributed by atoms with E-state index in [0.717, 1.165) is 18.5 Å². The lowest BCUT2D eigenvalue weighted by atomic mass is 10.3. The molecule has 0 bridgehead atoms. The van der Waals surface area contributed by atoms with Gasteiger partial charge in [0, 0.05) is 38.9 Å². The zero-order chi connectivity index (χ0) is 14.9. The van der Waals surface area contributed by atoms with Gasteiger partial charge in [0.2, 0.25) is 5.88 Å². The van der Waals surface area contributed by atoms with Gasteiger partial charge in [0.05, 0.1) is 19.8 Å². The Labute approximate surface area is 130 Å². The van der Waals surface area contributed by atoms with E-state index >= 15 is 0 Å². The monoisotopic (exact) mass is 314 g/mol. The SMILES string of the molecule is COCCOCCCOc1ncc(CNC2CC2)cc1Cl. The van der Waals surface area contributed by atoms with Crippen LogP contribution in [-0.2, 0) is 16.0 Å². The van der Waals surface area contributed by atoms with Crippen molar-refractivity contribution in [3.05, 3.63) is 22.8 Å². The molecule has 21 heavy (non-hydrogen) atoms. The van der Waals surface area contributed by atoms with Gasteiger partial charge < -0.3 is 19.5 Å². The van der Waals surface area contributed by atoms with E-state index in [1.165, 1.54) is 12.8 Å². The van der Waals surface area contributed by atoms with Crippen LogP contribution in [0.2, 0.25) is 5.02 Å². The maximum Gasteiger partial charge on any atom is 0.232 e. The Morgan fingerprint density at radius 1 is 1.29 bits per heavy atom. The van der Waals surface area contributed by atoms with Gasteiger partial charge in [0.25, 0.3) is 0 Å². The Morgan fingerprint density at radius 3 is 2.86 bits per heavy atom.